The standard InChI is InChI=1S/C20H21NO.H4N2/c1-4-13-11-17-16-10-8-7-9-14(16)12-18(17)20(15(13)5-2)21-19(22)6-3;1-2/h6-11H,3-5,12H2,1-2H3,(H,21,22);1-2H2. The summed E-state index contributed by atoms with van der Waals surface area (Å²) in [7, 11) is 0. The van der Waals surface area contributed by atoms with Gasteiger partial charge in [0, 0.05) is 12.1 Å². The molecule has 0 unspecified atom stereocenters. The lowest BCUT2D eigenvalue weighted by Gasteiger charge is -2.18. The first-order valence-electron chi connectivity index (χ1n) is 8.22. The number of nitrogens with two attached hydrogens (primary N) is 2. The van der Waals surface area contributed by atoms with Crippen molar-refractivity contribution in [2.24, 2.45) is 11.7 Å². The first-order valence-corrected chi connectivity index (χ1v) is 8.22. The smallest absolute Gasteiger partial charge is 0.247 e. The Bertz CT molecular complexity index is 766. The van der Waals surface area contributed by atoms with Crippen LogP contribution in [0.15, 0.2) is 43.0 Å². The van der Waals surface area contributed by atoms with Gasteiger partial charge in [-0.1, -0.05) is 50.8 Å². The highest BCUT2D eigenvalue weighted by Gasteiger charge is 2.24. The fraction of sp³-hybridized carbons (Fsp3) is 0.250. The highest BCUT2D eigenvalue weighted by Crippen LogP contribution is 2.43. The van der Waals surface area contributed by atoms with E-state index in [1.165, 1.54) is 39.5 Å². The number of fused-ring (bicyclic) bond motifs is 3. The Hall–Kier alpha value is -2.43. The third-order valence-corrected chi connectivity index (χ3v) is 4.48. The summed E-state index contributed by atoms with van der Waals surface area (Å²) in [4.78, 5) is 11.9. The number of hydrogen-bond acceptors (Lipinski definition) is 3. The molecular formula is C20H25N3O. The molecule has 0 aromatic heterocycles. The largest absolute Gasteiger partial charge is 0.322 e. The molecule has 1 aliphatic carbocycles. The Balaban J connectivity index is 0.00000100. The molecule has 5 N–H and O–H groups in total. The van der Waals surface area contributed by atoms with E-state index in [-0.39, 0.29) is 5.91 Å². The monoisotopic (exact) mass is 323 g/mol. The lowest BCUT2D eigenvalue weighted by atomic mass is 9.92. The van der Waals surface area contributed by atoms with E-state index in [1.807, 2.05) is 0 Å². The van der Waals surface area contributed by atoms with Crippen molar-refractivity contribution in [2.75, 3.05) is 5.32 Å². The zero-order chi connectivity index (χ0) is 17.7. The normalized spacial score (nSPS) is 11.0. The Kier molecular flexibility index (Phi) is 5.90. The number of amides is 1. The third-order valence-electron chi connectivity index (χ3n) is 4.48. The van der Waals surface area contributed by atoms with Crippen LogP contribution in [0.2, 0.25) is 0 Å². The van der Waals surface area contributed by atoms with E-state index in [2.05, 4.69) is 67.8 Å². The minimum Gasteiger partial charge on any atom is -0.322 e. The second-order valence-electron chi connectivity index (χ2n) is 5.65. The van der Waals surface area contributed by atoms with Gasteiger partial charge in [-0.2, -0.15) is 0 Å². The van der Waals surface area contributed by atoms with Gasteiger partial charge < -0.3 is 5.32 Å². The van der Waals surface area contributed by atoms with Crippen LogP contribution < -0.4 is 17.0 Å². The molecule has 0 saturated carbocycles. The van der Waals surface area contributed by atoms with E-state index in [0.717, 1.165) is 24.9 Å². The van der Waals surface area contributed by atoms with E-state index in [1.54, 1.807) is 0 Å². The number of nitrogens with one attached hydrogen (secondary N) is 1. The Morgan fingerprint density at radius 1 is 1.21 bits per heavy atom. The maximum Gasteiger partial charge on any atom is 0.247 e. The lowest BCUT2D eigenvalue weighted by Crippen LogP contribution is -2.13. The molecule has 2 aromatic rings. The summed E-state index contributed by atoms with van der Waals surface area (Å²) in [6.45, 7) is 7.89. The predicted molar refractivity (Wildman–Crippen MR) is 101 cm³/mol. The zero-order valence-corrected chi connectivity index (χ0v) is 14.4. The zero-order valence-electron chi connectivity index (χ0n) is 14.4. The van der Waals surface area contributed by atoms with Crippen LogP contribution in [-0.2, 0) is 24.1 Å². The SMILES string of the molecule is C=CC(=O)Nc1c(CC)c(CC)cc2c1Cc1ccccc1-2.NN. The number of hydrogen-bond donors (Lipinski definition) is 3. The first-order chi connectivity index (χ1) is 11.7. The molecule has 3 rings (SSSR count). The van der Waals surface area contributed by atoms with Gasteiger partial charge >= 0.3 is 0 Å². The van der Waals surface area contributed by atoms with Crippen LogP contribution in [0.25, 0.3) is 11.1 Å². The second-order valence-corrected chi connectivity index (χ2v) is 5.65. The number of rotatable bonds is 4. The fourth-order valence-electron chi connectivity index (χ4n) is 3.42. The van der Waals surface area contributed by atoms with E-state index < -0.39 is 0 Å². The van der Waals surface area contributed by atoms with Gasteiger partial charge in [-0.3, -0.25) is 16.5 Å². The molecule has 0 aliphatic heterocycles. The molecule has 0 atom stereocenters. The maximum atomic E-state index is 11.9. The van der Waals surface area contributed by atoms with Gasteiger partial charge in [0.2, 0.25) is 5.91 Å². The predicted octanol–water partition coefficient (Wildman–Crippen LogP) is 3.33. The molecule has 1 aliphatic rings. The van der Waals surface area contributed by atoms with Crippen molar-refractivity contribution >= 4 is 11.6 Å². The fourth-order valence-corrected chi connectivity index (χ4v) is 3.42. The van der Waals surface area contributed by atoms with Gasteiger partial charge in [-0.25, -0.2) is 0 Å². The quantitative estimate of drug-likeness (QED) is 0.391. The molecule has 1 amide bonds. The Labute approximate surface area is 143 Å². The number of aryl methyl sites for hydroxylation is 1. The average molecular weight is 323 g/mol. The van der Waals surface area contributed by atoms with Crippen LogP contribution in [0.3, 0.4) is 0 Å². The molecule has 24 heavy (non-hydrogen) atoms. The summed E-state index contributed by atoms with van der Waals surface area (Å²) >= 11 is 0. The van der Waals surface area contributed by atoms with Gasteiger partial charge in [-0.05, 0) is 52.3 Å². The third kappa shape index (κ3) is 3.11. The summed E-state index contributed by atoms with van der Waals surface area (Å²) in [5.41, 5.74) is 8.71. The molecule has 0 fully saturated rings. The van der Waals surface area contributed by atoms with Crippen LogP contribution >= 0.6 is 0 Å². The van der Waals surface area contributed by atoms with Crippen molar-refractivity contribution in [3.05, 3.63) is 65.2 Å². The molecule has 126 valence electrons. The molecule has 4 nitrogen and oxygen atoms in total. The first kappa shape index (κ1) is 17.9. The summed E-state index contributed by atoms with van der Waals surface area (Å²) in [6, 6.07) is 10.8. The number of hydrazine groups is 1. The number of benzene rings is 2. The molecule has 0 bridgehead atoms. The molecule has 2 aromatic carbocycles. The maximum absolute atomic E-state index is 11.9. The van der Waals surface area contributed by atoms with E-state index in [4.69, 9.17) is 0 Å². The second kappa shape index (κ2) is 7.90. The van der Waals surface area contributed by atoms with Crippen molar-refractivity contribution in [2.45, 2.75) is 33.1 Å². The van der Waals surface area contributed by atoms with Gasteiger partial charge in [0.25, 0.3) is 0 Å². The summed E-state index contributed by atoms with van der Waals surface area (Å²) in [5.74, 6) is 7.86. The van der Waals surface area contributed by atoms with Crippen molar-refractivity contribution in [3.63, 3.8) is 0 Å². The molecule has 0 spiro atoms. The molecule has 4 heteroatoms. The molecule has 0 saturated heterocycles. The van der Waals surface area contributed by atoms with E-state index in [0.29, 0.717) is 0 Å². The van der Waals surface area contributed by atoms with Gasteiger partial charge in [0.15, 0.2) is 0 Å². The summed E-state index contributed by atoms with van der Waals surface area (Å²) < 4.78 is 0. The number of anilines is 1. The number of carbonyl (C=O) groups is 1. The van der Waals surface area contributed by atoms with Gasteiger partial charge in [0.05, 0.1) is 0 Å². The van der Waals surface area contributed by atoms with E-state index >= 15 is 0 Å². The lowest BCUT2D eigenvalue weighted by molar-refractivity contribution is -0.111. The average Bonchev–Trinajstić information content (AvgIpc) is 3.01. The van der Waals surface area contributed by atoms with Crippen LogP contribution in [0.1, 0.15) is 36.1 Å². The summed E-state index contributed by atoms with van der Waals surface area (Å²) in [5, 5.41) is 3.06. The van der Waals surface area contributed by atoms with Crippen LogP contribution in [0.5, 0.6) is 0 Å². The molecule has 0 heterocycles. The minimum absolute atomic E-state index is 0.138. The highest BCUT2D eigenvalue weighted by molar-refractivity contribution is 6.01. The van der Waals surface area contributed by atoms with Crippen molar-refractivity contribution in [1.29, 1.82) is 0 Å². The number of carbonyl (C=O) groups excluding carboxylic acids is 1. The minimum atomic E-state index is -0.138. The van der Waals surface area contributed by atoms with Crippen molar-refractivity contribution in [3.8, 4) is 11.1 Å². The van der Waals surface area contributed by atoms with Crippen molar-refractivity contribution < 1.29 is 4.79 Å². The molecular weight excluding hydrogens is 298 g/mol. The Morgan fingerprint density at radius 3 is 2.54 bits per heavy atom. The van der Waals surface area contributed by atoms with Crippen molar-refractivity contribution in [1.82, 2.24) is 0 Å². The van der Waals surface area contributed by atoms with Gasteiger partial charge in [-0.15, -0.1) is 0 Å². The highest BCUT2D eigenvalue weighted by atomic mass is 16.1. The van der Waals surface area contributed by atoms with Crippen LogP contribution in [0, 0.1) is 0 Å². The summed E-state index contributed by atoms with van der Waals surface area (Å²) in [6.07, 6.45) is 4.11. The van der Waals surface area contributed by atoms with Crippen LogP contribution in [0.4, 0.5) is 5.69 Å². The van der Waals surface area contributed by atoms with Gasteiger partial charge in [0.1, 0.15) is 0 Å². The van der Waals surface area contributed by atoms with Crippen LogP contribution in [-0.4, -0.2) is 5.91 Å². The Morgan fingerprint density at radius 2 is 1.92 bits per heavy atom. The molecule has 0 radical (unpaired) electrons. The topological polar surface area (TPSA) is 81.1 Å². The van der Waals surface area contributed by atoms with E-state index in [9.17, 15) is 4.79 Å².